The van der Waals surface area contributed by atoms with E-state index in [1.54, 1.807) is 24.9 Å². The number of piperidine rings is 1. The van der Waals surface area contributed by atoms with Crippen molar-refractivity contribution >= 4 is 41.0 Å². The Labute approximate surface area is 241 Å². The van der Waals surface area contributed by atoms with Gasteiger partial charge in [0.1, 0.15) is 23.2 Å². The molecule has 1 saturated heterocycles. The number of quaternary nitrogens is 1. The summed E-state index contributed by atoms with van der Waals surface area (Å²) in [5, 5.41) is 2.77. The van der Waals surface area contributed by atoms with Gasteiger partial charge in [-0.05, 0) is 56.7 Å². The molecule has 0 bridgehead atoms. The topological polar surface area (TPSA) is 71.0 Å². The summed E-state index contributed by atoms with van der Waals surface area (Å²) in [6.07, 6.45) is 1.79. The minimum Gasteiger partial charge on any atom is -0.406 e. The predicted octanol–water partition coefficient (Wildman–Crippen LogP) is 5.94. The van der Waals surface area contributed by atoms with Gasteiger partial charge in [-0.1, -0.05) is 30.1 Å². The molecule has 1 saturated carbocycles. The second kappa shape index (κ2) is 10.4. The highest BCUT2D eigenvalue weighted by molar-refractivity contribution is 7.97. The molecule has 41 heavy (non-hydrogen) atoms. The molecule has 3 heterocycles. The Bertz CT molecular complexity index is 1410. The van der Waals surface area contributed by atoms with Gasteiger partial charge in [0.2, 0.25) is 11.4 Å². The fourth-order valence-electron chi connectivity index (χ4n) is 7.01. The first-order valence-corrected chi connectivity index (χ1v) is 15.2. The molecule has 1 N–H and O–H groups in total. The van der Waals surface area contributed by atoms with Crippen molar-refractivity contribution in [2.24, 2.45) is 4.99 Å². The van der Waals surface area contributed by atoms with Crippen LogP contribution in [0.3, 0.4) is 0 Å². The molecule has 2 aromatic carbocycles. The van der Waals surface area contributed by atoms with Crippen LogP contribution in [-0.2, 0) is 16.0 Å². The van der Waals surface area contributed by atoms with Crippen molar-refractivity contribution in [2.75, 3.05) is 18.8 Å². The van der Waals surface area contributed by atoms with Crippen LogP contribution in [0.5, 0.6) is 5.75 Å². The number of aryl methyl sites for hydroxylation is 1. The molecule has 1 aliphatic carbocycles. The van der Waals surface area contributed by atoms with Crippen LogP contribution in [0.25, 0.3) is 0 Å². The van der Waals surface area contributed by atoms with E-state index >= 15 is 0 Å². The number of benzene rings is 2. The third kappa shape index (κ3) is 5.06. The summed E-state index contributed by atoms with van der Waals surface area (Å²) < 4.78 is 44.7. The van der Waals surface area contributed by atoms with Crippen LogP contribution >= 0.6 is 11.9 Å². The second-order valence-electron chi connectivity index (χ2n) is 11.4. The third-order valence-electron chi connectivity index (χ3n) is 9.09. The molecule has 1 atom stereocenters. The number of amides is 2. The molecular formula is C30H34F3N4O3S+. The number of aliphatic imine (C=N–C) groups is 1. The number of hydrogen-bond donors (Lipinski definition) is 1. The number of fused-ring (bicyclic) bond motifs is 1. The predicted molar refractivity (Wildman–Crippen MR) is 153 cm³/mol. The molecule has 4 aliphatic rings. The highest BCUT2D eigenvalue weighted by Gasteiger charge is 2.63. The highest BCUT2D eigenvalue weighted by atomic mass is 32.2. The number of alkyl halides is 3. The number of ether oxygens (including phenoxy) is 1. The van der Waals surface area contributed by atoms with E-state index in [4.69, 9.17) is 0 Å². The molecule has 1 spiro atoms. The molecular weight excluding hydrogens is 553 g/mol. The number of carbonyl (C=O) groups is 2. The zero-order chi connectivity index (χ0) is 29.0. The maximum absolute atomic E-state index is 12.9. The second-order valence-corrected chi connectivity index (χ2v) is 12.6. The summed E-state index contributed by atoms with van der Waals surface area (Å²) in [7, 11) is 0. The fraction of sp³-hybridized carbons (Fsp3) is 0.500. The molecule has 6 rings (SSSR count). The number of carbonyl (C=O) groups excluding carboxylic acids is 2. The lowest BCUT2D eigenvalue weighted by molar-refractivity contribution is -0.274. The Balaban J connectivity index is 1.05. The SMILES string of the molecule is CC(=O)[N+]1(C2CCCC2)c2ccc(CCSN3CCC4(CC3)N=C(c3cccc(OC(F)(F)F)c3)NC4=O)c(C)c21. The van der Waals surface area contributed by atoms with Crippen LogP contribution in [0.1, 0.15) is 62.1 Å². The van der Waals surface area contributed by atoms with Crippen LogP contribution in [0.15, 0.2) is 41.4 Å². The average Bonchev–Trinajstić information content (AvgIpc) is 3.17. The Hall–Kier alpha value is -2.89. The summed E-state index contributed by atoms with van der Waals surface area (Å²) in [5.41, 5.74) is 4.42. The summed E-state index contributed by atoms with van der Waals surface area (Å²) in [4.78, 5) is 30.4. The summed E-state index contributed by atoms with van der Waals surface area (Å²) >= 11 is 1.76. The number of hydrogen-bond acceptors (Lipinski definition) is 6. The van der Waals surface area contributed by atoms with Crippen molar-refractivity contribution in [1.82, 2.24) is 14.1 Å². The van der Waals surface area contributed by atoms with Gasteiger partial charge in [0.25, 0.3) is 5.91 Å². The van der Waals surface area contributed by atoms with Gasteiger partial charge in [-0.15, -0.1) is 13.2 Å². The molecule has 218 valence electrons. The third-order valence-corrected chi connectivity index (χ3v) is 10.2. The summed E-state index contributed by atoms with van der Waals surface area (Å²) in [6, 6.07) is 10.2. The van der Waals surface area contributed by atoms with E-state index in [-0.39, 0.29) is 23.4 Å². The van der Waals surface area contributed by atoms with Gasteiger partial charge in [0, 0.05) is 48.9 Å². The largest absolute Gasteiger partial charge is 0.573 e. The van der Waals surface area contributed by atoms with Crippen molar-refractivity contribution in [1.29, 1.82) is 0 Å². The lowest BCUT2D eigenvalue weighted by Gasteiger charge is -2.34. The van der Waals surface area contributed by atoms with Gasteiger partial charge in [0.05, 0.1) is 6.92 Å². The monoisotopic (exact) mass is 587 g/mol. The van der Waals surface area contributed by atoms with Crippen LogP contribution in [0.4, 0.5) is 24.5 Å². The zero-order valence-electron chi connectivity index (χ0n) is 23.2. The van der Waals surface area contributed by atoms with E-state index in [9.17, 15) is 22.8 Å². The first-order chi connectivity index (χ1) is 19.5. The molecule has 7 nitrogen and oxygen atoms in total. The maximum Gasteiger partial charge on any atom is 0.573 e. The van der Waals surface area contributed by atoms with Crippen LogP contribution in [-0.4, -0.2) is 58.7 Å². The summed E-state index contributed by atoms with van der Waals surface area (Å²) in [6.45, 7) is 5.25. The van der Waals surface area contributed by atoms with Crippen LogP contribution < -0.4 is 14.5 Å². The molecule has 11 heteroatoms. The Morgan fingerprint density at radius 2 is 1.93 bits per heavy atom. The number of halogens is 3. The highest BCUT2D eigenvalue weighted by Crippen LogP contribution is 2.63. The van der Waals surface area contributed by atoms with Gasteiger partial charge < -0.3 is 10.1 Å². The first-order valence-electron chi connectivity index (χ1n) is 14.2. The van der Waals surface area contributed by atoms with E-state index in [2.05, 4.69) is 38.4 Å². The maximum atomic E-state index is 12.9. The van der Waals surface area contributed by atoms with E-state index in [1.165, 1.54) is 53.5 Å². The Morgan fingerprint density at radius 3 is 2.61 bits per heavy atom. The minimum atomic E-state index is -4.79. The molecule has 0 aromatic heterocycles. The van der Waals surface area contributed by atoms with E-state index in [1.807, 2.05) is 0 Å². The van der Waals surface area contributed by atoms with Crippen LogP contribution in [0, 0.1) is 6.92 Å². The molecule has 2 amide bonds. The average molecular weight is 588 g/mol. The minimum absolute atomic E-state index is 0.213. The fourth-order valence-corrected chi connectivity index (χ4v) is 8.02. The van der Waals surface area contributed by atoms with Gasteiger partial charge in [-0.25, -0.2) is 4.79 Å². The lowest BCUT2D eigenvalue weighted by atomic mass is 9.89. The number of nitrogens with one attached hydrogen (secondary N) is 1. The van der Waals surface area contributed by atoms with Crippen molar-refractivity contribution in [3.8, 4) is 5.75 Å². The number of amidine groups is 1. The van der Waals surface area contributed by atoms with Crippen LogP contribution in [0.2, 0.25) is 0 Å². The van der Waals surface area contributed by atoms with Gasteiger partial charge in [-0.3, -0.25) is 14.1 Å². The Morgan fingerprint density at radius 1 is 1.20 bits per heavy atom. The molecule has 0 radical (unpaired) electrons. The smallest absolute Gasteiger partial charge is 0.406 e. The standard InChI is InChI=1S/C30H33F3N4O3S/c1-19-21(10-11-25-26(19)37(25,20(2)38)23-7-3-4-8-23)12-17-41-36-15-13-29(14-16-36)28(39)34-27(35-29)22-6-5-9-24(18-22)40-30(31,32)33/h5-6,9-11,18,23H,3-4,7-8,12-17H2,1-2H3/p+1. The Kier molecular flexibility index (Phi) is 7.18. The van der Waals surface area contributed by atoms with Crippen molar-refractivity contribution in [3.63, 3.8) is 0 Å². The van der Waals surface area contributed by atoms with Gasteiger partial charge in [-0.2, -0.15) is 4.48 Å². The normalized spacial score (nSPS) is 23.8. The quantitative estimate of drug-likeness (QED) is 0.247. The molecule has 2 fully saturated rings. The zero-order valence-corrected chi connectivity index (χ0v) is 24.0. The van der Waals surface area contributed by atoms with E-state index in [0.29, 0.717) is 42.0 Å². The lowest BCUT2D eigenvalue weighted by Crippen LogP contribution is -2.47. The van der Waals surface area contributed by atoms with Gasteiger partial charge >= 0.3 is 12.3 Å². The van der Waals surface area contributed by atoms with Gasteiger partial charge in [0.15, 0.2) is 0 Å². The van der Waals surface area contributed by atoms with E-state index in [0.717, 1.165) is 25.0 Å². The van der Waals surface area contributed by atoms with Crippen molar-refractivity contribution < 1.29 is 27.5 Å². The number of nitrogens with zero attached hydrogens (tertiary/aromatic N) is 3. The summed E-state index contributed by atoms with van der Waals surface area (Å²) in [5.74, 6) is 0.837. The molecule has 2 aromatic rings. The molecule has 3 aliphatic heterocycles. The molecule has 1 unspecified atom stereocenters. The van der Waals surface area contributed by atoms with Crippen molar-refractivity contribution in [3.05, 3.63) is 53.1 Å². The van der Waals surface area contributed by atoms with E-state index < -0.39 is 11.9 Å². The number of rotatable bonds is 7. The first kappa shape index (κ1) is 28.2. The van der Waals surface area contributed by atoms with Crippen molar-refractivity contribution in [2.45, 2.75) is 76.7 Å².